The van der Waals surface area contributed by atoms with Crippen molar-refractivity contribution < 1.29 is 0 Å². The van der Waals surface area contributed by atoms with Crippen LogP contribution in [0.5, 0.6) is 0 Å². The van der Waals surface area contributed by atoms with Gasteiger partial charge in [-0.15, -0.1) is 24.0 Å². The lowest BCUT2D eigenvalue weighted by Gasteiger charge is -2.34. The van der Waals surface area contributed by atoms with E-state index in [4.69, 9.17) is 0 Å². The van der Waals surface area contributed by atoms with Gasteiger partial charge in [-0.05, 0) is 50.5 Å². The van der Waals surface area contributed by atoms with E-state index in [0.717, 1.165) is 24.3 Å². The molecule has 1 aliphatic heterocycles. The van der Waals surface area contributed by atoms with Crippen molar-refractivity contribution >= 4 is 29.9 Å². The molecule has 2 rings (SSSR count). The number of rotatable bonds is 6. The fourth-order valence-electron chi connectivity index (χ4n) is 4.10. The Morgan fingerprint density at radius 2 is 1.74 bits per heavy atom. The predicted molar refractivity (Wildman–Crippen MR) is 111 cm³/mol. The second-order valence-corrected chi connectivity index (χ2v) is 7.54. The summed E-state index contributed by atoms with van der Waals surface area (Å²) in [7, 11) is 1.88. The van der Waals surface area contributed by atoms with Crippen LogP contribution < -0.4 is 10.6 Å². The highest BCUT2D eigenvalue weighted by Crippen LogP contribution is 2.21. The third kappa shape index (κ3) is 8.05. The second-order valence-electron chi connectivity index (χ2n) is 7.54. The van der Waals surface area contributed by atoms with Gasteiger partial charge in [0.1, 0.15) is 0 Å². The Hall–Kier alpha value is -0.0400. The Morgan fingerprint density at radius 1 is 1.09 bits per heavy atom. The quantitative estimate of drug-likeness (QED) is 0.290. The van der Waals surface area contributed by atoms with E-state index in [1.807, 2.05) is 7.05 Å². The molecule has 2 unspecified atom stereocenters. The summed E-state index contributed by atoms with van der Waals surface area (Å²) in [6, 6.07) is 0.641. The van der Waals surface area contributed by atoms with Crippen LogP contribution in [-0.2, 0) is 0 Å². The van der Waals surface area contributed by atoms with Gasteiger partial charge in [0, 0.05) is 32.7 Å². The van der Waals surface area contributed by atoms with Crippen molar-refractivity contribution in [2.75, 3.05) is 33.2 Å². The molecule has 0 aromatic rings. The largest absolute Gasteiger partial charge is 0.356 e. The van der Waals surface area contributed by atoms with Crippen molar-refractivity contribution in [1.29, 1.82) is 0 Å². The number of hydrogen-bond acceptors (Lipinski definition) is 2. The lowest BCUT2D eigenvalue weighted by atomic mass is 9.92. The van der Waals surface area contributed by atoms with E-state index in [2.05, 4.69) is 34.4 Å². The summed E-state index contributed by atoms with van der Waals surface area (Å²) >= 11 is 0. The minimum absolute atomic E-state index is 0. The van der Waals surface area contributed by atoms with Crippen LogP contribution in [0.1, 0.15) is 58.8 Å². The van der Waals surface area contributed by atoms with E-state index in [1.54, 1.807) is 0 Å². The van der Waals surface area contributed by atoms with Gasteiger partial charge in [0.25, 0.3) is 0 Å². The molecule has 2 aliphatic rings. The number of guanidine groups is 1. The Kier molecular flexibility index (Phi) is 10.5. The fourth-order valence-corrected chi connectivity index (χ4v) is 4.10. The summed E-state index contributed by atoms with van der Waals surface area (Å²) in [5.74, 6) is 2.74. The van der Waals surface area contributed by atoms with Crippen molar-refractivity contribution in [2.45, 2.75) is 64.8 Å². The van der Waals surface area contributed by atoms with Crippen molar-refractivity contribution in [3.8, 4) is 0 Å². The first-order chi connectivity index (χ1) is 10.7. The van der Waals surface area contributed by atoms with Gasteiger partial charge in [-0.25, -0.2) is 0 Å². The summed E-state index contributed by atoms with van der Waals surface area (Å²) in [6.45, 7) is 9.66. The maximum absolute atomic E-state index is 4.34. The first-order valence-electron chi connectivity index (χ1n) is 9.37. The third-order valence-corrected chi connectivity index (χ3v) is 5.06. The Morgan fingerprint density at radius 3 is 2.35 bits per heavy atom. The van der Waals surface area contributed by atoms with Crippen molar-refractivity contribution in [1.82, 2.24) is 15.5 Å². The highest BCUT2D eigenvalue weighted by molar-refractivity contribution is 14.0. The lowest BCUT2D eigenvalue weighted by molar-refractivity contribution is 0.139. The number of piperidine rings is 1. The SMILES string of the molecule is CN=C(NCCCCN1CC(C)CC(C)C1)NC1CCCC1.I. The maximum Gasteiger partial charge on any atom is 0.191 e. The number of likely N-dealkylation sites (tertiary alicyclic amines) is 1. The summed E-state index contributed by atoms with van der Waals surface area (Å²) < 4.78 is 0. The van der Waals surface area contributed by atoms with Gasteiger partial charge in [0.2, 0.25) is 0 Å². The smallest absolute Gasteiger partial charge is 0.191 e. The van der Waals surface area contributed by atoms with Gasteiger partial charge in [-0.3, -0.25) is 4.99 Å². The molecule has 2 fully saturated rings. The third-order valence-electron chi connectivity index (χ3n) is 5.06. The zero-order valence-electron chi connectivity index (χ0n) is 15.3. The van der Waals surface area contributed by atoms with Gasteiger partial charge in [-0.2, -0.15) is 0 Å². The minimum Gasteiger partial charge on any atom is -0.356 e. The van der Waals surface area contributed by atoms with Crippen molar-refractivity contribution in [2.24, 2.45) is 16.8 Å². The summed E-state index contributed by atoms with van der Waals surface area (Å²) in [5, 5.41) is 7.02. The van der Waals surface area contributed by atoms with Crippen molar-refractivity contribution in [3.05, 3.63) is 0 Å². The zero-order valence-corrected chi connectivity index (χ0v) is 17.6. The van der Waals surface area contributed by atoms with Gasteiger partial charge < -0.3 is 15.5 Å². The molecule has 1 saturated heterocycles. The molecule has 2 N–H and O–H groups in total. The number of hydrogen-bond donors (Lipinski definition) is 2. The standard InChI is InChI=1S/C18H36N4.HI/c1-15-12-16(2)14-22(13-15)11-7-6-10-20-18(19-3)21-17-8-4-5-9-17;/h15-17H,4-14H2,1-3H3,(H2,19,20,21);1H. The monoisotopic (exact) mass is 436 g/mol. The van der Waals surface area contributed by atoms with Crippen LogP contribution in [0.15, 0.2) is 4.99 Å². The number of nitrogens with zero attached hydrogens (tertiary/aromatic N) is 2. The van der Waals surface area contributed by atoms with Gasteiger partial charge in [0.05, 0.1) is 0 Å². The lowest BCUT2D eigenvalue weighted by Crippen LogP contribution is -2.43. The van der Waals surface area contributed by atoms with Crippen LogP contribution in [-0.4, -0.2) is 50.1 Å². The number of nitrogens with one attached hydrogen (secondary N) is 2. The molecular weight excluding hydrogens is 399 g/mol. The van der Waals surface area contributed by atoms with Crippen molar-refractivity contribution in [3.63, 3.8) is 0 Å². The van der Waals surface area contributed by atoms with Gasteiger partial charge in [0.15, 0.2) is 5.96 Å². The molecule has 0 aromatic carbocycles. The van der Waals surface area contributed by atoms with E-state index in [0.29, 0.717) is 6.04 Å². The number of aliphatic imine (C=N–C) groups is 1. The maximum atomic E-state index is 4.34. The van der Waals surface area contributed by atoms with Crippen LogP contribution in [0, 0.1) is 11.8 Å². The highest BCUT2D eigenvalue weighted by atomic mass is 127. The van der Waals surface area contributed by atoms with E-state index < -0.39 is 0 Å². The van der Waals surface area contributed by atoms with E-state index >= 15 is 0 Å². The zero-order chi connectivity index (χ0) is 15.8. The van der Waals surface area contributed by atoms with Gasteiger partial charge >= 0.3 is 0 Å². The molecule has 2 atom stereocenters. The molecule has 0 spiro atoms. The fraction of sp³-hybridized carbons (Fsp3) is 0.944. The molecule has 136 valence electrons. The average Bonchev–Trinajstić information content (AvgIpc) is 2.97. The van der Waals surface area contributed by atoms with E-state index in [9.17, 15) is 0 Å². The first-order valence-corrected chi connectivity index (χ1v) is 9.37. The second kappa shape index (κ2) is 11.5. The molecule has 0 radical (unpaired) electrons. The molecule has 23 heavy (non-hydrogen) atoms. The summed E-state index contributed by atoms with van der Waals surface area (Å²) in [4.78, 5) is 7.00. The molecule has 1 heterocycles. The van der Waals surface area contributed by atoms with E-state index in [-0.39, 0.29) is 24.0 Å². The molecular formula is C18H37IN4. The predicted octanol–water partition coefficient (Wildman–Crippen LogP) is 3.47. The Labute approximate surface area is 160 Å². The van der Waals surface area contributed by atoms with Crippen LogP contribution in [0.25, 0.3) is 0 Å². The van der Waals surface area contributed by atoms with Crippen LogP contribution in [0.4, 0.5) is 0 Å². The van der Waals surface area contributed by atoms with Crippen LogP contribution in [0.3, 0.4) is 0 Å². The Balaban J connectivity index is 0.00000264. The molecule has 1 saturated carbocycles. The molecule has 5 heteroatoms. The summed E-state index contributed by atoms with van der Waals surface area (Å²) in [5.41, 5.74) is 0. The average molecular weight is 436 g/mol. The minimum atomic E-state index is 0. The normalized spacial score (nSPS) is 26.8. The van der Waals surface area contributed by atoms with Crippen LogP contribution >= 0.6 is 24.0 Å². The van der Waals surface area contributed by atoms with E-state index in [1.165, 1.54) is 64.6 Å². The highest BCUT2D eigenvalue weighted by Gasteiger charge is 2.21. The van der Waals surface area contributed by atoms with Gasteiger partial charge in [-0.1, -0.05) is 26.7 Å². The molecule has 1 aliphatic carbocycles. The van der Waals surface area contributed by atoms with Crippen LogP contribution in [0.2, 0.25) is 0 Å². The topological polar surface area (TPSA) is 39.7 Å². The molecule has 0 bridgehead atoms. The number of unbranched alkanes of at least 4 members (excludes halogenated alkanes) is 1. The summed E-state index contributed by atoms with van der Waals surface area (Å²) in [6.07, 6.45) is 9.24. The first kappa shape index (κ1) is 21.0. The molecule has 4 nitrogen and oxygen atoms in total. The molecule has 0 aromatic heterocycles. The molecule has 0 amide bonds. The Bertz CT molecular complexity index is 332. The number of halogens is 1.